The molecule has 362 valence electrons. The number of nitrogens with zero attached hydrogens (tertiary/aromatic N) is 2. The molecule has 6 atom stereocenters. The third-order valence-corrected chi connectivity index (χ3v) is 13.7. The van der Waals surface area contributed by atoms with Crippen molar-refractivity contribution in [3.8, 4) is 11.5 Å². The van der Waals surface area contributed by atoms with Crippen LogP contribution >= 0.6 is 11.6 Å². The van der Waals surface area contributed by atoms with E-state index in [1.165, 1.54) is 0 Å². The Balaban J connectivity index is 1.31. The van der Waals surface area contributed by atoms with Gasteiger partial charge in [0.2, 0.25) is 5.79 Å². The van der Waals surface area contributed by atoms with Crippen LogP contribution in [0.15, 0.2) is 151 Å². The third-order valence-electron chi connectivity index (χ3n) is 13.5. The molecule has 13 heteroatoms. The number of unbranched alkanes of at least 4 members (excludes halogenated alkanes) is 2. The number of alkyl halides is 1. The molecule has 3 N–H and O–H groups in total. The van der Waals surface area contributed by atoms with Gasteiger partial charge in [-0.15, -0.1) is 18.2 Å². The van der Waals surface area contributed by atoms with E-state index in [9.17, 15) is 19.8 Å². The highest BCUT2D eigenvalue weighted by Crippen LogP contribution is 2.62. The first-order valence-electron chi connectivity index (χ1n) is 24.1. The van der Waals surface area contributed by atoms with E-state index in [1.54, 1.807) is 17.0 Å². The fourth-order valence-corrected chi connectivity index (χ4v) is 10.6. The molecule has 5 aromatic carbocycles. The molecule has 0 spiro atoms. The number of nitrogens with one attached hydrogen (secondary N) is 1. The van der Waals surface area contributed by atoms with E-state index in [-0.39, 0.29) is 76.2 Å². The monoisotopic (exact) mass is 955 g/mol. The Hall–Kier alpha value is -6.18. The first kappa shape index (κ1) is 49.2. The summed E-state index contributed by atoms with van der Waals surface area (Å²) in [4.78, 5) is 36.3. The van der Waals surface area contributed by atoms with Crippen molar-refractivity contribution in [3.63, 3.8) is 0 Å². The molecule has 5 aromatic rings. The number of halogens is 1. The van der Waals surface area contributed by atoms with Gasteiger partial charge in [-0.3, -0.25) is 4.90 Å². The van der Waals surface area contributed by atoms with Crippen molar-refractivity contribution < 1.29 is 43.6 Å². The number of hydrogen-bond donors (Lipinski definition) is 3. The number of aliphatic hydroxyl groups excluding tert-OH is 2. The number of carbonyl (C=O) groups is 2. The molecule has 8 rings (SSSR count). The Morgan fingerprint density at radius 3 is 2.36 bits per heavy atom. The quantitative estimate of drug-likeness (QED) is 0.0267. The molecule has 0 radical (unpaired) electrons. The number of allylic oxidation sites excluding steroid dienone is 1. The van der Waals surface area contributed by atoms with Crippen molar-refractivity contribution >= 4 is 40.3 Å². The lowest BCUT2D eigenvalue weighted by Gasteiger charge is -2.59. The van der Waals surface area contributed by atoms with Crippen LogP contribution in [0.3, 0.4) is 0 Å². The van der Waals surface area contributed by atoms with Gasteiger partial charge in [0.05, 0.1) is 30.7 Å². The summed E-state index contributed by atoms with van der Waals surface area (Å²) in [7, 11) is 0. The van der Waals surface area contributed by atoms with Crippen molar-refractivity contribution in [1.82, 2.24) is 10.2 Å². The second kappa shape index (κ2) is 23.9. The van der Waals surface area contributed by atoms with Crippen LogP contribution < -0.4 is 14.8 Å². The highest BCUT2D eigenvalue weighted by Gasteiger charge is 2.65. The fourth-order valence-electron chi connectivity index (χ4n) is 10.5. The molecule has 0 aromatic heterocycles. The minimum Gasteiger partial charge on any atom is -0.459 e. The van der Waals surface area contributed by atoms with Gasteiger partial charge >= 0.3 is 12.2 Å². The smallest absolute Gasteiger partial charge is 0.412 e. The number of aliphatic hydroxyl groups is 2. The van der Waals surface area contributed by atoms with Gasteiger partial charge in [-0.05, 0) is 88.8 Å². The number of ether oxygens (including phenoxy) is 4. The summed E-state index contributed by atoms with van der Waals surface area (Å²) < 4.78 is 26.5. The molecular weight excluding hydrogens is 894 g/mol. The predicted octanol–water partition coefficient (Wildman–Crippen LogP) is 10.8. The molecule has 1 aliphatic heterocycles. The average Bonchev–Trinajstić information content (AvgIpc) is 3.38. The summed E-state index contributed by atoms with van der Waals surface area (Å²) in [5.41, 5.74) is 5.09. The number of benzene rings is 5. The number of rotatable bonds is 22. The summed E-state index contributed by atoms with van der Waals surface area (Å²) in [6, 6.07) is 38.1. The van der Waals surface area contributed by atoms with Crippen LogP contribution in [-0.4, -0.2) is 77.1 Å². The molecule has 0 saturated heterocycles. The topological polar surface area (TPSA) is 148 Å². The van der Waals surface area contributed by atoms with Crippen LogP contribution in [0, 0.1) is 17.8 Å². The second-order valence-electron chi connectivity index (χ2n) is 17.8. The zero-order valence-electron chi connectivity index (χ0n) is 38.9. The molecule has 1 fully saturated rings. The average molecular weight is 957 g/mol. The third kappa shape index (κ3) is 11.5. The van der Waals surface area contributed by atoms with Gasteiger partial charge in [0, 0.05) is 37.7 Å². The maximum atomic E-state index is 14.9. The Morgan fingerprint density at radius 2 is 1.61 bits per heavy atom. The molecule has 3 aliphatic rings. The molecule has 69 heavy (non-hydrogen) atoms. The van der Waals surface area contributed by atoms with Crippen molar-refractivity contribution in [1.29, 1.82) is 0 Å². The molecular formula is C56H62ClN3O9. The van der Waals surface area contributed by atoms with E-state index in [4.69, 9.17) is 40.5 Å². The van der Waals surface area contributed by atoms with Gasteiger partial charge in [0.1, 0.15) is 30.8 Å². The van der Waals surface area contributed by atoms with Gasteiger partial charge in [0.25, 0.3) is 0 Å². The number of carbonyl (C=O) groups excluding carboxylic acids is 2. The van der Waals surface area contributed by atoms with Gasteiger partial charge in [-0.25, -0.2) is 9.59 Å². The zero-order valence-corrected chi connectivity index (χ0v) is 39.7. The van der Waals surface area contributed by atoms with Gasteiger partial charge < -0.3 is 39.3 Å². The van der Waals surface area contributed by atoms with Gasteiger partial charge in [0.15, 0.2) is 0 Å². The maximum absolute atomic E-state index is 14.9. The first-order valence-corrected chi connectivity index (χ1v) is 24.6. The number of oxime groups is 1. The van der Waals surface area contributed by atoms with Crippen LogP contribution in [0.1, 0.15) is 73.1 Å². The SMILES string of the molecule is C=CCO[C@@]12Oc3ccc(OC(=O)NCc4ccccc4)cc3[C@H]3[C@H](CCCCO)[C@@H](CCCCO)C=C(C(=NOCc4ccccc4)C[C@@H]1N(Cc1cccc4ccccc14)C(=O)OCCCl)[C@H]32. The van der Waals surface area contributed by atoms with E-state index in [1.807, 2.05) is 115 Å². The van der Waals surface area contributed by atoms with Crippen molar-refractivity contribution in [2.45, 2.75) is 82.4 Å². The lowest BCUT2D eigenvalue weighted by Crippen LogP contribution is -2.70. The minimum atomic E-state index is -1.55. The normalized spacial score (nSPS) is 21.8. The molecule has 1 heterocycles. The summed E-state index contributed by atoms with van der Waals surface area (Å²) in [5, 5.41) is 29.9. The number of hydrogen-bond acceptors (Lipinski definition) is 10. The standard InChI is InChI=1S/C56H62ClN3O9/c1-2-31-66-56-51(60(55(64)65-32-28-57)37-43-23-15-22-41-20-9-10-24-45(41)43)35-49(59-67-38-40-18-7-4-8-19-40)47-33-42(21-11-13-29-61)46(25-12-14-30-62)52(53(47)56)48-34-44(26-27-50(48)69-56)68-54(63)58-36-39-16-5-3-6-17-39/h2-10,15-20,22-24,26-27,33-34,42,46,51-53,61-62H,1,11-14,21,25,28-32,35-38H2,(H,58,63)/t42-,46+,51-,52+,53+,56+/m0/s1. The lowest BCUT2D eigenvalue weighted by atomic mass is 9.55. The van der Waals surface area contributed by atoms with Crippen molar-refractivity contribution in [3.05, 3.63) is 168 Å². The summed E-state index contributed by atoms with van der Waals surface area (Å²) in [6.45, 7) is 4.87. The van der Waals surface area contributed by atoms with Crippen LogP contribution in [0.5, 0.6) is 11.5 Å². The highest BCUT2D eigenvalue weighted by molar-refractivity contribution is 6.18. The summed E-state index contributed by atoms with van der Waals surface area (Å²) in [6.07, 6.45) is 7.19. The van der Waals surface area contributed by atoms with E-state index >= 15 is 0 Å². The molecule has 12 nitrogen and oxygen atoms in total. The van der Waals surface area contributed by atoms with Crippen molar-refractivity contribution in [2.75, 3.05) is 32.3 Å². The van der Waals surface area contributed by atoms with Gasteiger partial charge in [-0.2, -0.15) is 0 Å². The first-order chi connectivity index (χ1) is 33.9. The van der Waals surface area contributed by atoms with Crippen LogP contribution in [0.25, 0.3) is 10.8 Å². The Kier molecular flexibility index (Phi) is 17.1. The summed E-state index contributed by atoms with van der Waals surface area (Å²) in [5.74, 6) is -1.63. The maximum Gasteiger partial charge on any atom is 0.412 e. The Morgan fingerprint density at radius 1 is 0.884 bits per heavy atom. The van der Waals surface area contributed by atoms with E-state index < -0.39 is 29.9 Å². The molecule has 2 aliphatic carbocycles. The van der Waals surface area contributed by atoms with Crippen molar-refractivity contribution in [2.24, 2.45) is 22.9 Å². The van der Waals surface area contributed by atoms with Crippen LogP contribution in [-0.2, 0) is 34.0 Å². The largest absolute Gasteiger partial charge is 0.459 e. The molecule has 2 amide bonds. The second-order valence-corrected chi connectivity index (χ2v) is 18.2. The van der Waals surface area contributed by atoms with E-state index in [2.05, 4.69) is 18.0 Å². The van der Waals surface area contributed by atoms with Gasteiger partial charge in [-0.1, -0.05) is 133 Å². The Labute approximate surface area is 409 Å². The fraction of sp³-hybridized carbons (Fsp3) is 0.375. The molecule has 0 unspecified atom stereocenters. The number of amides is 2. The van der Waals surface area contributed by atoms with E-state index in [0.717, 1.165) is 64.3 Å². The van der Waals surface area contributed by atoms with Crippen LogP contribution in [0.4, 0.5) is 9.59 Å². The zero-order chi connectivity index (χ0) is 48.0. The highest BCUT2D eigenvalue weighted by atomic mass is 35.5. The minimum absolute atomic E-state index is 0.00959. The Bertz CT molecular complexity index is 2570. The number of fused-ring (bicyclic) bond motifs is 3. The molecule has 1 saturated carbocycles. The summed E-state index contributed by atoms with van der Waals surface area (Å²) >= 11 is 6.19. The predicted molar refractivity (Wildman–Crippen MR) is 267 cm³/mol. The lowest BCUT2D eigenvalue weighted by molar-refractivity contribution is -0.256. The van der Waals surface area contributed by atoms with Crippen LogP contribution in [0.2, 0.25) is 0 Å². The van der Waals surface area contributed by atoms with E-state index in [0.29, 0.717) is 30.1 Å². The molecule has 0 bridgehead atoms.